The van der Waals surface area contributed by atoms with E-state index in [2.05, 4.69) is 29.2 Å². The Morgan fingerprint density at radius 2 is 2.40 bits per heavy atom. The van der Waals surface area contributed by atoms with Crippen LogP contribution in [0, 0.1) is 5.92 Å². The Morgan fingerprint density at radius 3 is 2.93 bits per heavy atom. The zero-order valence-electron chi connectivity index (χ0n) is 10.1. The molecule has 88 valence electrons. The third-order valence-electron chi connectivity index (χ3n) is 2.66. The molecule has 0 aromatic rings. The van der Waals surface area contributed by atoms with Gasteiger partial charge in [0.05, 0.1) is 6.61 Å². The van der Waals surface area contributed by atoms with E-state index >= 15 is 0 Å². The van der Waals surface area contributed by atoms with Gasteiger partial charge < -0.3 is 15.0 Å². The second-order valence-electron chi connectivity index (χ2n) is 4.08. The molecular weight excluding hydrogens is 190 g/mol. The molecule has 1 fully saturated rings. The molecule has 1 rings (SSSR count). The average molecular weight is 213 g/mol. The van der Waals surface area contributed by atoms with Gasteiger partial charge in [0.15, 0.2) is 5.96 Å². The Morgan fingerprint density at radius 1 is 1.60 bits per heavy atom. The van der Waals surface area contributed by atoms with Crippen molar-refractivity contribution in [1.29, 1.82) is 0 Å². The number of hydrogen-bond donors (Lipinski definition) is 1. The van der Waals surface area contributed by atoms with Gasteiger partial charge in [-0.3, -0.25) is 4.99 Å². The Balaban J connectivity index is 2.32. The van der Waals surface area contributed by atoms with Crippen LogP contribution in [-0.2, 0) is 4.74 Å². The van der Waals surface area contributed by atoms with Gasteiger partial charge >= 0.3 is 0 Å². The Hall–Kier alpha value is -0.770. The first-order valence-electron chi connectivity index (χ1n) is 5.77. The maximum absolute atomic E-state index is 5.37. The first-order chi connectivity index (χ1) is 7.27. The first kappa shape index (κ1) is 12.3. The lowest BCUT2D eigenvalue weighted by Crippen LogP contribution is -2.41. The standard InChI is InChI=1S/C11H23N3O/c1-4-6-13-11(12-2)14(3)8-10-5-7-15-9-10/h10H,4-9H2,1-3H3,(H,12,13). The zero-order valence-corrected chi connectivity index (χ0v) is 10.1. The molecule has 4 nitrogen and oxygen atoms in total. The predicted molar refractivity (Wildman–Crippen MR) is 63.2 cm³/mol. The van der Waals surface area contributed by atoms with Crippen molar-refractivity contribution in [3.05, 3.63) is 0 Å². The van der Waals surface area contributed by atoms with E-state index in [1.165, 1.54) is 6.42 Å². The van der Waals surface area contributed by atoms with Crippen molar-refractivity contribution in [3.8, 4) is 0 Å². The molecule has 1 aliphatic heterocycles. The Bertz CT molecular complexity index is 200. The lowest BCUT2D eigenvalue weighted by molar-refractivity contribution is 0.181. The van der Waals surface area contributed by atoms with Gasteiger partial charge in [-0.1, -0.05) is 6.92 Å². The van der Waals surface area contributed by atoms with E-state index in [9.17, 15) is 0 Å². The molecule has 1 aliphatic rings. The van der Waals surface area contributed by atoms with Crippen LogP contribution in [0.15, 0.2) is 4.99 Å². The van der Waals surface area contributed by atoms with Gasteiger partial charge in [-0.2, -0.15) is 0 Å². The van der Waals surface area contributed by atoms with Crippen LogP contribution in [0.2, 0.25) is 0 Å². The molecule has 4 heteroatoms. The smallest absolute Gasteiger partial charge is 0.193 e. The van der Waals surface area contributed by atoms with Crippen molar-refractivity contribution in [2.45, 2.75) is 19.8 Å². The second-order valence-corrected chi connectivity index (χ2v) is 4.08. The summed E-state index contributed by atoms with van der Waals surface area (Å²) in [5.41, 5.74) is 0. The topological polar surface area (TPSA) is 36.9 Å². The van der Waals surface area contributed by atoms with Crippen molar-refractivity contribution < 1.29 is 4.74 Å². The monoisotopic (exact) mass is 213 g/mol. The number of rotatable bonds is 4. The summed E-state index contributed by atoms with van der Waals surface area (Å²) in [6, 6.07) is 0. The fraction of sp³-hybridized carbons (Fsp3) is 0.909. The maximum Gasteiger partial charge on any atom is 0.193 e. The molecule has 1 N–H and O–H groups in total. The maximum atomic E-state index is 5.37. The quantitative estimate of drug-likeness (QED) is 0.558. The summed E-state index contributed by atoms with van der Waals surface area (Å²) in [6.07, 6.45) is 2.30. The Kier molecular flexibility index (Phi) is 5.47. The van der Waals surface area contributed by atoms with Gasteiger partial charge in [0.25, 0.3) is 0 Å². The summed E-state index contributed by atoms with van der Waals surface area (Å²) in [4.78, 5) is 6.45. The molecule has 0 bridgehead atoms. The number of hydrogen-bond acceptors (Lipinski definition) is 2. The van der Waals surface area contributed by atoms with Crippen LogP contribution in [0.25, 0.3) is 0 Å². The molecule has 0 spiro atoms. The minimum atomic E-state index is 0.662. The normalized spacial score (nSPS) is 21.8. The van der Waals surface area contributed by atoms with Gasteiger partial charge in [-0.25, -0.2) is 0 Å². The van der Waals surface area contributed by atoms with E-state index in [-0.39, 0.29) is 0 Å². The van der Waals surface area contributed by atoms with Crippen LogP contribution in [0.4, 0.5) is 0 Å². The van der Waals surface area contributed by atoms with E-state index in [0.29, 0.717) is 5.92 Å². The highest BCUT2D eigenvalue weighted by Gasteiger charge is 2.18. The average Bonchev–Trinajstić information content (AvgIpc) is 2.71. The van der Waals surface area contributed by atoms with Gasteiger partial charge in [0.1, 0.15) is 0 Å². The van der Waals surface area contributed by atoms with Crippen molar-refractivity contribution >= 4 is 5.96 Å². The fourth-order valence-corrected chi connectivity index (χ4v) is 1.82. The number of guanidine groups is 1. The van der Waals surface area contributed by atoms with Crippen LogP contribution in [0.5, 0.6) is 0 Å². The van der Waals surface area contributed by atoms with Gasteiger partial charge in [-0.05, 0) is 12.8 Å². The molecule has 0 aliphatic carbocycles. The minimum Gasteiger partial charge on any atom is -0.381 e. The molecular formula is C11H23N3O. The highest BCUT2D eigenvalue weighted by Crippen LogP contribution is 2.13. The van der Waals surface area contributed by atoms with Crippen molar-refractivity contribution in [2.75, 3.05) is 40.4 Å². The van der Waals surface area contributed by atoms with Gasteiger partial charge in [0.2, 0.25) is 0 Å². The third kappa shape index (κ3) is 4.08. The summed E-state index contributed by atoms with van der Waals surface area (Å²) in [5, 5.41) is 3.33. The van der Waals surface area contributed by atoms with Crippen LogP contribution < -0.4 is 5.32 Å². The van der Waals surface area contributed by atoms with Crippen LogP contribution in [0.1, 0.15) is 19.8 Å². The Labute approximate surface area is 92.7 Å². The lowest BCUT2D eigenvalue weighted by atomic mass is 10.1. The highest BCUT2D eigenvalue weighted by atomic mass is 16.5. The molecule has 0 saturated carbocycles. The van der Waals surface area contributed by atoms with Crippen LogP contribution >= 0.6 is 0 Å². The van der Waals surface area contributed by atoms with E-state index in [1.807, 2.05) is 7.05 Å². The second kappa shape index (κ2) is 6.67. The molecule has 1 heterocycles. The molecule has 0 amide bonds. The summed E-state index contributed by atoms with van der Waals surface area (Å²) in [5.74, 6) is 1.65. The lowest BCUT2D eigenvalue weighted by Gasteiger charge is -2.24. The molecule has 0 aromatic carbocycles. The molecule has 15 heavy (non-hydrogen) atoms. The molecule has 0 radical (unpaired) electrons. The van der Waals surface area contributed by atoms with Crippen molar-refractivity contribution in [3.63, 3.8) is 0 Å². The number of aliphatic imine (C=N–C) groups is 1. The number of nitrogens with one attached hydrogen (secondary N) is 1. The largest absolute Gasteiger partial charge is 0.381 e. The minimum absolute atomic E-state index is 0.662. The van der Waals surface area contributed by atoms with Crippen LogP contribution in [-0.4, -0.2) is 51.3 Å². The summed E-state index contributed by atoms with van der Waals surface area (Å²) >= 11 is 0. The van der Waals surface area contributed by atoms with Crippen LogP contribution in [0.3, 0.4) is 0 Å². The van der Waals surface area contributed by atoms with E-state index in [0.717, 1.165) is 38.7 Å². The highest BCUT2D eigenvalue weighted by molar-refractivity contribution is 5.79. The van der Waals surface area contributed by atoms with Gasteiger partial charge in [-0.15, -0.1) is 0 Å². The molecule has 0 aromatic heterocycles. The van der Waals surface area contributed by atoms with E-state index < -0.39 is 0 Å². The summed E-state index contributed by atoms with van der Waals surface area (Å²) in [6.45, 7) is 5.99. The van der Waals surface area contributed by atoms with E-state index in [1.54, 1.807) is 0 Å². The van der Waals surface area contributed by atoms with Gasteiger partial charge in [0, 0.05) is 39.7 Å². The third-order valence-corrected chi connectivity index (χ3v) is 2.66. The number of ether oxygens (including phenoxy) is 1. The predicted octanol–water partition coefficient (Wildman–Crippen LogP) is 0.940. The zero-order chi connectivity index (χ0) is 11.1. The summed E-state index contributed by atoms with van der Waals surface area (Å²) < 4.78 is 5.37. The molecule has 1 saturated heterocycles. The fourth-order valence-electron chi connectivity index (χ4n) is 1.82. The number of nitrogens with zero attached hydrogens (tertiary/aromatic N) is 2. The first-order valence-corrected chi connectivity index (χ1v) is 5.77. The molecule has 1 atom stereocenters. The van der Waals surface area contributed by atoms with Crippen molar-refractivity contribution in [1.82, 2.24) is 10.2 Å². The summed E-state index contributed by atoms with van der Waals surface area (Å²) in [7, 11) is 3.92. The molecule has 1 unspecified atom stereocenters. The SMILES string of the molecule is CCCNC(=NC)N(C)CC1CCOC1. The van der Waals surface area contributed by atoms with E-state index in [4.69, 9.17) is 4.74 Å². The van der Waals surface area contributed by atoms with Crippen molar-refractivity contribution in [2.24, 2.45) is 10.9 Å².